The van der Waals surface area contributed by atoms with E-state index in [9.17, 15) is 9.59 Å². The Kier molecular flexibility index (Phi) is 12.9. The van der Waals surface area contributed by atoms with E-state index in [-0.39, 0.29) is 13.6 Å². The number of hydrogen-bond acceptors (Lipinski definition) is 9. The molecule has 5 aromatic carbocycles. The van der Waals surface area contributed by atoms with E-state index in [1.807, 2.05) is 66.7 Å². The van der Waals surface area contributed by atoms with E-state index in [4.69, 9.17) is 33.2 Å². The molecule has 0 aromatic heterocycles. The van der Waals surface area contributed by atoms with Gasteiger partial charge in [0, 0.05) is 6.08 Å². The topological polar surface area (TPSA) is 98.8 Å². The summed E-state index contributed by atoms with van der Waals surface area (Å²) < 4.78 is 38.9. The molecule has 0 aliphatic heterocycles. The second-order valence-electron chi connectivity index (χ2n) is 11.3. The molecular weight excluding hydrogens is 636 g/mol. The van der Waals surface area contributed by atoms with E-state index in [1.165, 1.54) is 18.4 Å². The van der Waals surface area contributed by atoms with Gasteiger partial charge in [-0.3, -0.25) is 0 Å². The lowest BCUT2D eigenvalue weighted by Crippen LogP contribution is -2.10. The largest absolute Gasteiger partial charge is 0.494 e. The Morgan fingerprint density at radius 1 is 0.640 bits per heavy atom. The molecule has 0 N–H and O–H groups in total. The van der Waals surface area contributed by atoms with Crippen LogP contribution in [0.25, 0.3) is 21.5 Å². The van der Waals surface area contributed by atoms with E-state index in [0.717, 1.165) is 64.6 Å². The molecular formula is C41H40O9. The number of hydrogen-bond donors (Lipinski definition) is 0. The highest BCUT2D eigenvalue weighted by Crippen LogP contribution is 2.31. The summed E-state index contributed by atoms with van der Waals surface area (Å²) in [6.45, 7) is 10.4. The number of fused-ring (bicyclic) bond motifs is 2. The van der Waals surface area contributed by atoms with Crippen LogP contribution in [0.4, 0.5) is 0 Å². The van der Waals surface area contributed by atoms with E-state index >= 15 is 0 Å². The zero-order valence-electron chi connectivity index (χ0n) is 28.1. The number of unbranched alkanes of at least 4 members (excludes halogenated alkanes) is 1. The van der Waals surface area contributed by atoms with Crippen LogP contribution in [-0.4, -0.2) is 38.7 Å². The molecule has 5 rings (SSSR count). The van der Waals surface area contributed by atoms with Gasteiger partial charge in [0.1, 0.15) is 28.7 Å². The maximum absolute atomic E-state index is 13.0. The van der Waals surface area contributed by atoms with Crippen LogP contribution >= 0.6 is 0 Å². The third-order valence-corrected chi connectivity index (χ3v) is 7.64. The molecule has 258 valence electrons. The molecule has 0 saturated heterocycles. The quantitative estimate of drug-likeness (QED) is 0.0212. The molecule has 0 aliphatic rings. The van der Waals surface area contributed by atoms with Crippen molar-refractivity contribution in [1.82, 2.24) is 0 Å². The lowest BCUT2D eigenvalue weighted by atomic mass is 10.0. The van der Waals surface area contributed by atoms with Crippen molar-refractivity contribution in [1.29, 1.82) is 0 Å². The van der Waals surface area contributed by atoms with Gasteiger partial charge in [0.05, 0.1) is 25.0 Å². The van der Waals surface area contributed by atoms with Crippen molar-refractivity contribution < 1.29 is 42.7 Å². The summed E-state index contributed by atoms with van der Waals surface area (Å²) >= 11 is 0. The number of esters is 2. The molecule has 0 atom stereocenters. The highest BCUT2D eigenvalue weighted by molar-refractivity contribution is 5.93. The van der Waals surface area contributed by atoms with Crippen molar-refractivity contribution in [2.24, 2.45) is 0 Å². The van der Waals surface area contributed by atoms with Gasteiger partial charge in [0.15, 0.2) is 6.79 Å². The molecule has 0 unspecified atom stereocenters. The first-order chi connectivity index (χ1) is 24.4. The Balaban J connectivity index is 1.15. The van der Waals surface area contributed by atoms with Crippen molar-refractivity contribution in [3.05, 3.63) is 128 Å². The summed E-state index contributed by atoms with van der Waals surface area (Å²) in [7, 11) is 0. The Hall–Kier alpha value is -5.80. The summed E-state index contributed by atoms with van der Waals surface area (Å²) in [6.07, 6.45) is 5.78. The molecule has 0 radical (unpaired) electrons. The van der Waals surface area contributed by atoms with Crippen molar-refractivity contribution in [2.75, 3.05) is 26.8 Å². The molecule has 50 heavy (non-hydrogen) atoms. The van der Waals surface area contributed by atoms with Gasteiger partial charge in [-0.15, -0.1) is 0 Å². The second-order valence-corrected chi connectivity index (χ2v) is 11.3. The van der Waals surface area contributed by atoms with Crippen LogP contribution in [0.2, 0.25) is 0 Å². The zero-order chi connectivity index (χ0) is 35.1. The third kappa shape index (κ3) is 10.1. The predicted octanol–water partition coefficient (Wildman–Crippen LogP) is 8.96. The molecule has 0 amide bonds. The van der Waals surface area contributed by atoms with Crippen molar-refractivity contribution in [3.63, 3.8) is 0 Å². The first-order valence-electron chi connectivity index (χ1n) is 16.4. The standard InChI is InChI=1S/C41H40O9/c1-4-9-33-22-34-25-38(19-14-32(34)26-39(33)50-41(43)29-10-15-35(16-11-29)49-40(42)5-2)48-28-47-37-18-13-30-23-36(17-12-31(30)24-37)46-21-8-7-20-45-27-44-6-3/h5-6,10-19,22-26H,2-4,7-9,20-21,27-28H2,1H3. The van der Waals surface area contributed by atoms with Crippen LogP contribution < -0.4 is 23.7 Å². The number of carbonyl (C=O) groups excluding carboxylic acids is 2. The molecule has 9 heteroatoms. The molecule has 0 fully saturated rings. The van der Waals surface area contributed by atoms with Crippen molar-refractivity contribution in [2.45, 2.75) is 32.6 Å². The lowest BCUT2D eigenvalue weighted by molar-refractivity contribution is -0.128. The third-order valence-electron chi connectivity index (χ3n) is 7.64. The van der Waals surface area contributed by atoms with Crippen molar-refractivity contribution in [3.8, 4) is 28.7 Å². The fourth-order valence-electron chi connectivity index (χ4n) is 5.13. The number of benzene rings is 5. The predicted molar refractivity (Wildman–Crippen MR) is 192 cm³/mol. The van der Waals surface area contributed by atoms with Gasteiger partial charge in [-0.1, -0.05) is 44.7 Å². The molecule has 5 aromatic rings. The average Bonchev–Trinajstić information content (AvgIpc) is 3.13. The van der Waals surface area contributed by atoms with E-state index in [1.54, 1.807) is 12.1 Å². The van der Waals surface area contributed by atoms with Gasteiger partial charge in [0.25, 0.3) is 0 Å². The van der Waals surface area contributed by atoms with Crippen LogP contribution in [0.1, 0.15) is 42.1 Å². The summed E-state index contributed by atoms with van der Waals surface area (Å²) in [5.74, 6) is 1.88. The zero-order valence-corrected chi connectivity index (χ0v) is 28.1. The molecule has 0 heterocycles. The molecule has 0 aliphatic carbocycles. The van der Waals surface area contributed by atoms with Crippen molar-refractivity contribution >= 4 is 33.5 Å². The fraction of sp³-hybridized carbons (Fsp3) is 0.220. The fourth-order valence-corrected chi connectivity index (χ4v) is 5.13. The Bertz CT molecular complexity index is 1930. The SMILES string of the molecule is C=COCOCCCCOc1ccc2cc(OCOc3ccc4cc(OC(=O)c5ccc(OC(=O)C=C)cc5)c(CCC)cc4c3)ccc2c1. The average molecular weight is 677 g/mol. The molecule has 9 nitrogen and oxygen atoms in total. The first kappa shape index (κ1) is 35.5. The maximum atomic E-state index is 13.0. The number of carbonyl (C=O) groups is 2. The normalized spacial score (nSPS) is 10.7. The molecule has 0 saturated carbocycles. The Morgan fingerprint density at radius 2 is 1.24 bits per heavy atom. The van der Waals surface area contributed by atoms with Crippen LogP contribution in [0.3, 0.4) is 0 Å². The molecule has 0 spiro atoms. The highest BCUT2D eigenvalue weighted by atomic mass is 16.7. The highest BCUT2D eigenvalue weighted by Gasteiger charge is 2.14. The number of ether oxygens (including phenoxy) is 7. The monoisotopic (exact) mass is 676 g/mol. The minimum absolute atomic E-state index is 0.0325. The number of rotatable bonds is 19. The van der Waals surface area contributed by atoms with Gasteiger partial charge in [-0.2, -0.15) is 0 Å². The summed E-state index contributed by atoms with van der Waals surface area (Å²) in [5.41, 5.74) is 1.24. The van der Waals surface area contributed by atoms with Gasteiger partial charge < -0.3 is 33.2 Å². The van der Waals surface area contributed by atoms with Crippen LogP contribution in [0, 0.1) is 0 Å². The molecule has 0 bridgehead atoms. The van der Waals surface area contributed by atoms with Gasteiger partial charge in [-0.25, -0.2) is 9.59 Å². The second kappa shape index (κ2) is 18.1. The number of aryl methyl sites for hydroxylation is 1. The maximum Gasteiger partial charge on any atom is 0.343 e. The Morgan fingerprint density at radius 3 is 1.88 bits per heavy atom. The van der Waals surface area contributed by atoms with Crippen LogP contribution in [0.5, 0.6) is 28.7 Å². The van der Waals surface area contributed by atoms with E-state index in [2.05, 4.69) is 20.1 Å². The van der Waals surface area contributed by atoms with Crippen LogP contribution in [0.15, 0.2) is 116 Å². The minimum atomic E-state index is -0.575. The van der Waals surface area contributed by atoms with Gasteiger partial charge >= 0.3 is 11.9 Å². The minimum Gasteiger partial charge on any atom is -0.494 e. The summed E-state index contributed by atoms with van der Waals surface area (Å²) in [4.78, 5) is 24.4. The van der Waals surface area contributed by atoms with Gasteiger partial charge in [0.2, 0.25) is 6.79 Å². The Labute approximate surface area is 291 Å². The summed E-state index contributed by atoms with van der Waals surface area (Å²) in [6, 6.07) is 27.6. The van der Waals surface area contributed by atoms with E-state index < -0.39 is 11.9 Å². The first-order valence-corrected chi connectivity index (χ1v) is 16.4. The lowest BCUT2D eigenvalue weighted by Gasteiger charge is -2.13. The van der Waals surface area contributed by atoms with E-state index in [0.29, 0.717) is 41.8 Å². The van der Waals surface area contributed by atoms with Crippen LogP contribution in [-0.2, 0) is 20.7 Å². The van der Waals surface area contributed by atoms with Gasteiger partial charge in [-0.05, 0) is 119 Å². The smallest absolute Gasteiger partial charge is 0.343 e. The summed E-state index contributed by atoms with van der Waals surface area (Å²) in [5, 5.41) is 3.93.